The van der Waals surface area contributed by atoms with Crippen molar-refractivity contribution in [2.45, 2.75) is 75.0 Å². The highest BCUT2D eigenvalue weighted by Gasteiger charge is 2.55. The maximum Gasteiger partial charge on any atom is 0.319 e. The van der Waals surface area contributed by atoms with Crippen LogP contribution in [0.15, 0.2) is 36.5 Å². The Bertz CT molecular complexity index is 1790. The molecule has 0 radical (unpaired) electrons. The van der Waals surface area contributed by atoms with Gasteiger partial charge in [0.1, 0.15) is 29.4 Å². The molecule has 0 spiro atoms. The number of aromatic nitrogens is 3. The topological polar surface area (TPSA) is 86.6 Å². The van der Waals surface area contributed by atoms with Gasteiger partial charge in [-0.3, -0.25) is 9.88 Å². The van der Waals surface area contributed by atoms with Crippen molar-refractivity contribution >= 4 is 39.1 Å². The van der Waals surface area contributed by atoms with Crippen molar-refractivity contribution in [3.63, 3.8) is 0 Å². The molecule has 2 aromatic carbocycles. The number of hydrogen-bond acceptors (Lipinski definition) is 8. The third kappa shape index (κ3) is 4.19. The van der Waals surface area contributed by atoms with Gasteiger partial charge in [0.2, 0.25) is 0 Å². The average Bonchev–Trinajstić information content (AvgIpc) is 3.77. The van der Waals surface area contributed by atoms with Gasteiger partial charge in [0.05, 0.1) is 10.9 Å². The summed E-state index contributed by atoms with van der Waals surface area (Å²) < 4.78 is 23.3. The minimum Gasteiger partial charge on any atom is -0.508 e. The molecule has 8 nitrogen and oxygen atoms in total. The summed E-state index contributed by atoms with van der Waals surface area (Å²) in [6.07, 6.45) is 11.3. The van der Waals surface area contributed by atoms with Crippen LogP contribution in [0.2, 0.25) is 5.02 Å². The first-order chi connectivity index (χ1) is 21.5. The normalized spacial score (nSPS) is 29.5. The van der Waals surface area contributed by atoms with Crippen LogP contribution in [-0.2, 0) is 0 Å². The number of fused-ring (bicyclic) bond motifs is 7. The highest BCUT2D eigenvalue weighted by molar-refractivity contribution is 6.36. The van der Waals surface area contributed by atoms with E-state index in [9.17, 15) is 5.11 Å². The van der Waals surface area contributed by atoms with Crippen molar-refractivity contribution in [1.82, 2.24) is 25.2 Å². The van der Waals surface area contributed by atoms with Crippen LogP contribution in [0.5, 0.6) is 11.8 Å². The number of phenolic OH excluding ortho intramolecular Hbond substituents is 1. The molecule has 4 saturated heterocycles. The SMILES string of the molecule is Oc1cc(-c2ncc3c(N4CC5CCC(C4)N5)nc(OC[C@]45CCCN4[C@H]4CCC[C@H]4C5)nc3c2F)c2c(Cl)cccc2c1. The Hall–Kier alpha value is -3.27. The molecule has 2 bridgehead atoms. The van der Waals surface area contributed by atoms with Gasteiger partial charge in [-0.2, -0.15) is 9.97 Å². The van der Waals surface area contributed by atoms with Crippen LogP contribution in [0.4, 0.5) is 10.2 Å². The number of pyridine rings is 1. The van der Waals surface area contributed by atoms with E-state index < -0.39 is 5.82 Å². The first kappa shape index (κ1) is 27.1. The van der Waals surface area contributed by atoms with Gasteiger partial charge >= 0.3 is 6.01 Å². The molecule has 4 aromatic rings. The Morgan fingerprint density at radius 3 is 2.82 bits per heavy atom. The lowest BCUT2D eigenvalue weighted by molar-refractivity contribution is 0.0832. The molecular formula is C34H36ClFN6O2. The van der Waals surface area contributed by atoms with Crippen LogP contribution in [0.3, 0.4) is 0 Å². The fourth-order valence-electron chi connectivity index (χ4n) is 9.30. The van der Waals surface area contributed by atoms with E-state index in [1.807, 2.05) is 12.1 Å². The smallest absolute Gasteiger partial charge is 0.319 e. The lowest BCUT2D eigenvalue weighted by Gasteiger charge is -2.35. The molecular weight excluding hydrogens is 579 g/mol. The minimum absolute atomic E-state index is 0.0152. The van der Waals surface area contributed by atoms with Crippen molar-refractivity contribution in [3.8, 4) is 23.0 Å². The van der Waals surface area contributed by atoms with Gasteiger partial charge in [0.25, 0.3) is 0 Å². The highest BCUT2D eigenvalue weighted by Crippen LogP contribution is 2.51. The quantitative estimate of drug-likeness (QED) is 0.280. The lowest BCUT2D eigenvalue weighted by atomic mass is 9.90. The number of aromatic hydroxyl groups is 1. The number of halogens is 2. The molecule has 1 saturated carbocycles. The summed E-state index contributed by atoms with van der Waals surface area (Å²) in [4.78, 5) is 19.3. The number of benzene rings is 2. The van der Waals surface area contributed by atoms with Gasteiger partial charge in [-0.1, -0.05) is 30.2 Å². The molecule has 6 heterocycles. The fraction of sp³-hybridized carbons (Fsp3) is 0.500. The summed E-state index contributed by atoms with van der Waals surface area (Å²) in [5.74, 6) is 0.862. The van der Waals surface area contributed by atoms with Crippen LogP contribution < -0.4 is 15.0 Å². The molecule has 5 fully saturated rings. The second-order valence-electron chi connectivity index (χ2n) is 13.7. The Morgan fingerprint density at radius 1 is 1.09 bits per heavy atom. The zero-order valence-corrected chi connectivity index (χ0v) is 25.4. The standard InChI is InChI=1S/C34H36ClFN6O2/c35-26-6-1-4-19-12-23(43)13-24(28(19)26)30-29(36)31-25(15-37-30)32(41-16-21-8-9-22(17-41)38-21)40-33(39-31)44-18-34-10-3-11-42(34)27-7-2-5-20(27)14-34/h1,4,6,12-13,15,20-22,27,38,43H,2-3,5,7-11,14,16-18H2/t20-,21?,22?,27-,34+/m0/s1. The van der Waals surface area contributed by atoms with Crippen LogP contribution >= 0.6 is 11.6 Å². The maximum atomic E-state index is 16.8. The molecule has 5 atom stereocenters. The van der Waals surface area contributed by atoms with E-state index in [0.717, 1.165) is 51.2 Å². The summed E-state index contributed by atoms with van der Waals surface area (Å²) in [5, 5.41) is 16.6. The molecule has 2 unspecified atom stereocenters. The van der Waals surface area contributed by atoms with E-state index in [1.165, 1.54) is 31.7 Å². The highest BCUT2D eigenvalue weighted by atomic mass is 35.5. The molecule has 10 heteroatoms. The minimum atomic E-state index is -0.572. The Kier molecular flexibility index (Phi) is 6.23. The monoisotopic (exact) mass is 614 g/mol. The molecule has 228 valence electrons. The fourth-order valence-corrected chi connectivity index (χ4v) is 9.58. The Balaban J connectivity index is 1.16. The number of phenols is 1. The third-order valence-electron chi connectivity index (χ3n) is 11.1. The molecule has 4 aliphatic heterocycles. The van der Waals surface area contributed by atoms with Crippen LogP contribution in [0.1, 0.15) is 51.4 Å². The van der Waals surface area contributed by atoms with Gasteiger partial charge in [0.15, 0.2) is 5.82 Å². The van der Waals surface area contributed by atoms with E-state index in [2.05, 4.69) is 20.1 Å². The third-order valence-corrected chi connectivity index (χ3v) is 11.4. The van der Waals surface area contributed by atoms with Crippen molar-refractivity contribution in [2.24, 2.45) is 5.92 Å². The number of rotatable bonds is 5. The largest absolute Gasteiger partial charge is 0.508 e. The summed E-state index contributed by atoms with van der Waals surface area (Å²) >= 11 is 6.61. The van der Waals surface area contributed by atoms with E-state index in [0.29, 0.717) is 57.3 Å². The zero-order valence-electron chi connectivity index (χ0n) is 24.6. The molecule has 44 heavy (non-hydrogen) atoms. The van der Waals surface area contributed by atoms with Gasteiger partial charge in [-0.25, -0.2) is 4.39 Å². The first-order valence-corrected chi connectivity index (χ1v) is 16.5. The summed E-state index contributed by atoms with van der Waals surface area (Å²) in [6.45, 7) is 3.23. The molecule has 5 aliphatic rings. The van der Waals surface area contributed by atoms with Gasteiger partial charge in [-0.15, -0.1) is 0 Å². The second kappa shape index (κ2) is 10.1. The Labute approximate surface area is 260 Å². The second-order valence-corrected chi connectivity index (χ2v) is 14.1. The van der Waals surface area contributed by atoms with Crippen LogP contribution in [0.25, 0.3) is 32.9 Å². The van der Waals surface area contributed by atoms with E-state index >= 15 is 4.39 Å². The van der Waals surface area contributed by atoms with Crippen LogP contribution in [0, 0.1) is 11.7 Å². The Morgan fingerprint density at radius 2 is 1.95 bits per heavy atom. The number of anilines is 1. The predicted octanol–water partition coefficient (Wildman–Crippen LogP) is 6.07. The molecule has 9 rings (SSSR count). The maximum absolute atomic E-state index is 16.8. The number of nitrogens with zero attached hydrogens (tertiary/aromatic N) is 5. The summed E-state index contributed by atoms with van der Waals surface area (Å²) in [7, 11) is 0. The van der Waals surface area contributed by atoms with Gasteiger partial charge in [0, 0.05) is 53.4 Å². The summed E-state index contributed by atoms with van der Waals surface area (Å²) in [6, 6.07) is 10.2. The zero-order chi connectivity index (χ0) is 29.6. The van der Waals surface area contributed by atoms with E-state index in [4.69, 9.17) is 26.3 Å². The molecule has 2 aromatic heterocycles. The lowest BCUT2D eigenvalue weighted by Crippen LogP contribution is -2.51. The summed E-state index contributed by atoms with van der Waals surface area (Å²) in [5.41, 5.74) is 0.702. The number of piperazine rings is 1. The van der Waals surface area contributed by atoms with Crippen molar-refractivity contribution in [1.29, 1.82) is 0 Å². The van der Waals surface area contributed by atoms with Crippen molar-refractivity contribution in [2.75, 3.05) is 31.1 Å². The molecule has 0 amide bonds. The molecule has 1 aliphatic carbocycles. The van der Waals surface area contributed by atoms with Gasteiger partial charge < -0.3 is 20.1 Å². The average molecular weight is 615 g/mol. The molecule has 2 N–H and O–H groups in total. The van der Waals surface area contributed by atoms with E-state index in [1.54, 1.807) is 18.3 Å². The van der Waals surface area contributed by atoms with Crippen molar-refractivity contribution < 1.29 is 14.2 Å². The van der Waals surface area contributed by atoms with Crippen LogP contribution in [-0.4, -0.2) is 74.9 Å². The predicted molar refractivity (Wildman–Crippen MR) is 169 cm³/mol. The number of ether oxygens (including phenoxy) is 1. The van der Waals surface area contributed by atoms with Gasteiger partial charge in [-0.05, 0) is 81.0 Å². The number of nitrogens with one attached hydrogen (secondary N) is 1. The number of hydrogen-bond donors (Lipinski definition) is 2. The van der Waals surface area contributed by atoms with E-state index in [-0.39, 0.29) is 28.5 Å². The van der Waals surface area contributed by atoms with Crippen molar-refractivity contribution in [3.05, 3.63) is 47.4 Å². The first-order valence-electron chi connectivity index (χ1n) is 16.1.